The smallest absolute Gasteiger partial charge is 0.385 e. The predicted octanol–water partition coefficient (Wildman–Crippen LogP) is 1.44. The van der Waals surface area contributed by atoms with Gasteiger partial charge in [0.05, 0.1) is 18.8 Å². The first-order valence-electron chi connectivity index (χ1n) is 6.47. The minimum Gasteiger partial charge on any atom is -0.385 e. The van der Waals surface area contributed by atoms with Crippen molar-refractivity contribution >= 4 is 0 Å². The normalized spacial score (nSPS) is 34.0. The van der Waals surface area contributed by atoms with Crippen LogP contribution < -0.4 is 5.32 Å². The van der Waals surface area contributed by atoms with Gasteiger partial charge >= 0.3 is 6.18 Å². The molecule has 2 fully saturated rings. The Kier molecular flexibility index (Phi) is 3.23. The number of alkyl halides is 3. The summed E-state index contributed by atoms with van der Waals surface area (Å²) in [7, 11) is 0. The highest BCUT2D eigenvalue weighted by atomic mass is 19.4. The lowest BCUT2D eigenvalue weighted by Crippen LogP contribution is -2.59. The Morgan fingerprint density at radius 1 is 1.30 bits per heavy atom. The third kappa shape index (κ3) is 2.41. The van der Waals surface area contributed by atoms with Crippen LogP contribution in [0, 0.1) is 0 Å². The average Bonchev–Trinajstić information content (AvgIpc) is 2.37. The number of fused-ring (bicyclic) bond motifs is 2. The molecular weight excluding hydrogens is 273 g/mol. The van der Waals surface area contributed by atoms with Crippen LogP contribution in [0.1, 0.15) is 24.1 Å². The fraction of sp³-hybridized carbons (Fsp3) is 0.615. The third-order valence-corrected chi connectivity index (χ3v) is 3.86. The van der Waals surface area contributed by atoms with Crippen LogP contribution in [0.3, 0.4) is 0 Å². The van der Waals surface area contributed by atoms with Crippen LogP contribution in [0.4, 0.5) is 13.2 Å². The maximum Gasteiger partial charge on any atom is 0.433 e. The number of piperidine rings is 1. The van der Waals surface area contributed by atoms with E-state index in [2.05, 4.69) is 10.3 Å². The van der Waals surface area contributed by atoms with Gasteiger partial charge in [-0.3, -0.25) is 4.98 Å². The molecule has 0 aromatic carbocycles. The van der Waals surface area contributed by atoms with Crippen molar-refractivity contribution in [3.05, 3.63) is 29.6 Å². The Morgan fingerprint density at radius 3 is 2.55 bits per heavy atom. The summed E-state index contributed by atoms with van der Waals surface area (Å²) in [5.74, 6) is 0. The monoisotopic (exact) mass is 288 g/mol. The molecule has 20 heavy (non-hydrogen) atoms. The largest absolute Gasteiger partial charge is 0.433 e. The summed E-state index contributed by atoms with van der Waals surface area (Å²) < 4.78 is 44.5. The number of hydrogen-bond acceptors (Lipinski definition) is 4. The van der Waals surface area contributed by atoms with E-state index < -0.39 is 17.5 Å². The van der Waals surface area contributed by atoms with E-state index in [1.807, 2.05) is 0 Å². The van der Waals surface area contributed by atoms with E-state index in [-0.39, 0.29) is 30.5 Å². The van der Waals surface area contributed by atoms with Gasteiger partial charge in [0.2, 0.25) is 0 Å². The molecule has 2 unspecified atom stereocenters. The Hall–Kier alpha value is -1.18. The number of morpholine rings is 1. The van der Waals surface area contributed by atoms with Crippen LogP contribution in [0.2, 0.25) is 0 Å². The first-order chi connectivity index (χ1) is 9.38. The fourth-order valence-electron chi connectivity index (χ4n) is 3.14. The minimum absolute atomic E-state index is 0.131. The number of nitrogens with one attached hydrogen (secondary N) is 1. The van der Waals surface area contributed by atoms with Gasteiger partial charge in [-0.2, -0.15) is 13.2 Å². The molecular formula is C13H15F3N2O2. The summed E-state index contributed by atoms with van der Waals surface area (Å²) in [6.45, 7) is 0.806. The van der Waals surface area contributed by atoms with Gasteiger partial charge in [0.1, 0.15) is 5.69 Å². The van der Waals surface area contributed by atoms with Crippen molar-refractivity contribution in [3.63, 3.8) is 0 Å². The highest BCUT2D eigenvalue weighted by molar-refractivity contribution is 5.30. The fourth-order valence-corrected chi connectivity index (χ4v) is 3.14. The summed E-state index contributed by atoms with van der Waals surface area (Å²) in [4.78, 5) is 3.43. The number of nitrogens with zero attached hydrogens (tertiary/aromatic N) is 1. The Balaban J connectivity index is 2.00. The standard InChI is InChI=1S/C13H15F3N2O2/c14-13(15,16)11-10(2-1-3-17-11)12(19)4-8-6-20-7-9(5-12)18-8/h1-3,8-9,18-19H,4-7H2. The van der Waals surface area contributed by atoms with Crippen LogP contribution in [-0.4, -0.2) is 35.4 Å². The van der Waals surface area contributed by atoms with Crippen molar-refractivity contribution in [1.29, 1.82) is 0 Å². The van der Waals surface area contributed by atoms with Crippen LogP contribution >= 0.6 is 0 Å². The second-order valence-electron chi connectivity index (χ2n) is 5.44. The number of hydrogen-bond donors (Lipinski definition) is 2. The Labute approximate surface area is 114 Å². The molecule has 2 aliphatic heterocycles. The molecule has 3 rings (SSSR count). The zero-order valence-electron chi connectivity index (χ0n) is 10.7. The van der Waals surface area contributed by atoms with Gasteiger partial charge in [0, 0.05) is 23.8 Å². The molecule has 2 bridgehead atoms. The summed E-state index contributed by atoms with van der Waals surface area (Å²) in [6, 6.07) is 2.48. The molecule has 2 aliphatic rings. The van der Waals surface area contributed by atoms with Crippen molar-refractivity contribution in [1.82, 2.24) is 10.3 Å². The number of aromatic nitrogens is 1. The number of rotatable bonds is 1. The molecule has 0 aliphatic carbocycles. The van der Waals surface area contributed by atoms with Crippen molar-refractivity contribution in [2.24, 2.45) is 0 Å². The molecule has 0 saturated carbocycles. The SMILES string of the molecule is OC1(c2cccnc2C(F)(F)F)CC2COCC(C1)N2. The van der Waals surface area contributed by atoms with Gasteiger partial charge in [0.25, 0.3) is 0 Å². The van der Waals surface area contributed by atoms with Gasteiger partial charge in [-0.15, -0.1) is 0 Å². The van der Waals surface area contributed by atoms with Crippen LogP contribution in [-0.2, 0) is 16.5 Å². The maximum atomic E-state index is 13.0. The molecule has 0 amide bonds. The zero-order chi connectivity index (χ0) is 14.4. The Morgan fingerprint density at radius 2 is 1.95 bits per heavy atom. The maximum absolute atomic E-state index is 13.0. The molecule has 2 N–H and O–H groups in total. The average molecular weight is 288 g/mol. The molecule has 2 saturated heterocycles. The molecule has 4 nitrogen and oxygen atoms in total. The second-order valence-corrected chi connectivity index (χ2v) is 5.44. The molecule has 0 radical (unpaired) electrons. The summed E-state index contributed by atoms with van der Waals surface area (Å²) >= 11 is 0. The third-order valence-electron chi connectivity index (χ3n) is 3.86. The molecule has 7 heteroatoms. The zero-order valence-corrected chi connectivity index (χ0v) is 10.7. The van der Waals surface area contributed by atoms with Gasteiger partial charge < -0.3 is 15.2 Å². The Bertz CT molecular complexity index is 495. The lowest BCUT2D eigenvalue weighted by atomic mass is 9.77. The number of halogens is 3. The van der Waals surface area contributed by atoms with Crippen molar-refractivity contribution in [3.8, 4) is 0 Å². The second kappa shape index (κ2) is 4.68. The van der Waals surface area contributed by atoms with Crippen LogP contribution in [0.15, 0.2) is 18.3 Å². The molecule has 1 aromatic heterocycles. The summed E-state index contributed by atoms with van der Waals surface area (Å²) in [5.41, 5.74) is -2.64. The summed E-state index contributed by atoms with van der Waals surface area (Å²) in [6.07, 6.45) is -3.08. The molecule has 0 spiro atoms. The highest BCUT2D eigenvalue weighted by Gasteiger charge is 2.47. The quantitative estimate of drug-likeness (QED) is 0.821. The van der Waals surface area contributed by atoms with Gasteiger partial charge in [-0.25, -0.2) is 0 Å². The van der Waals surface area contributed by atoms with Gasteiger partial charge in [0.15, 0.2) is 0 Å². The van der Waals surface area contributed by atoms with E-state index >= 15 is 0 Å². The van der Waals surface area contributed by atoms with Crippen LogP contribution in [0.25, 0.3) is 0 Å². The lowest BCUT2D eigenvalue weighted by molar-refractivity contribution is -0.147. The molecule has 2 atom stereocenters. The number of pyridine rings is 1. The molecule has 3 heterocycles. The van der Waals surface area contributed by atoms with E-state index in [1.165, 1.54) is 12.1 Å². The van der Waals surface area contributed by atoms with E-state index in [9.17, 15) is 18.3 Å². The van der Waals surface area contributed by atoms with Crippen molar-refractivity contribution < 1.29 is 23.0 Å². The van der Waals surface area contributed by atoms with Gasteiger partial charge in [-0.1, -0.05) is 6.07 Å². The lowest BCUT2D eigenvalue weighted by Gasteiger charge is -2.45. The van der Waals surface area contributed by atoms with Crippen molar-refractivity contribution in [2.75, 3.05) is 13.2 Å². The van der Waals surface area contributed by atoms with Crippen molar-refractivity contribution in [2.45, 2.75) is 36.7 Å². The van der Waals surface area contributed by atoms with Gasteiger partial charge in [-0.05, 0) is 18.9 Å². The topological polar surface area (TPSA) is 54.4 Å². The first kappa shape index (κ1) is 13.8. The highest BCUT2D eigenvalue weighted by Crippen LogP contribution is 2.41. The van der Waals surface area contributed by atoms with E-state index in [0.29, 0.717) is 13.2 Å². The van der Waals surface area contributed by atoms with E-state index in [4.69, 9.17) is 4.74 Å². The first-order valence-corrected chi connectivity index (χ1v) is 6.47. The van der Waals surface area contributed by atoms with Crippen LogP contribution in [0.5, 0.6) is 0 Å². The number of ether oxygens (including phenoxy) is 1. The molecule has 110 valence electrons. The predicted molar refractivity (Wildman–Crippen MR) is 63.9 cm³/mol. The number of aliphatic hydroxyl groups is 1. The summed E-state index contributed by atoms with van der Waals surface area (Å²) in [5, 5.41) is 14.0. The molecule has 1 aromatic rings. The minimum atomic E-state index is -4.57. The van der Waals surface area contributed by atoms with E-state index in [0.717, 1.165) is 6.20 Å². The van der Waals surface area contributed by atoms with E-state index in [1.54, 1.807) is 0 Å².